The molecule has 2 bridgehead atoms. The van der Waals surface area contributed by atoms with Crippen LogP contribution in [-0.2, 0) is 4.74 Å². The summed E-state index contributed by atoms with van der Waals surface area (Å²) in [5.74, 6) is 0.262. The Bertz CT molecular complexity index is 1140. The Kier molecular flexibility index (Phi) is 5.01. The maximum atomic E-state index is 13.2. The average molecular weight is 438 g/mol. The highest BCUT2D eigenvalue weighted by atomic mass is 16.6. The number of benzene rings is 3. The van der Waals surface area contributed by atoms with Crippen molar-refractivity contribution in [2.24, 2.45) is 5.92 Å². The molecule has 0 spiro atoms. The molecule has 1 amide bonds. The van der Waals surface area contributed by atoms with Crippen molar-refractivity contribution in [1.29, 1.82) is 0 Å². The fourth-order valence-corrected chi connectivity index (χ4v) is 6.20. The van der Waals surface area contributed by atoms with Crippen LogP contribution in [0.4, 0.5) is 4.79 Å². The molecule has 3 aliphatic rings. The predicted molar refractivity (Wildman–Crippen MR) is 127 cm³/mol. The molecule has 2 unspecified atom stereocenters. The maximum Gasteiger partial charge on any atom is 0.410 e. The molecule has 0 N–H and O–H groups in total. The van der Waals surface area contributed by atoms with E-state index >= 15 is 0 Å². The van der Waals surface area contributed by atoms with Crippen molar-refractivity contribution < 1.29 is 14.3 Å². The number of fused-ring (bicyclic) bond motifs is 5. The van der Waals surface area contributed by atoms with Gasteiger partial charge < -0.3 is 9.64 Å². The molecule has 33 heavy (non-hydrogen) atoms. The van der Waals surface area contributed by atoms with Crippen LogP contribution in [-0.4, -0.2) is 35.5 Å². The van der Waals surface area contributed by atoms with Crippen LogP contribution in [0.25, 0.3) is 11.1 Å². The summed E-state index contributed by atoms with van der Waals surface area (Å²) in [6, 6.07) is 26.5. The highest BCUT2D eigenvalue weighted by Crippen LogP contribution is 2.45. The molecule has 6 rings (SSSR count). The van der Waals surface area contributed by atoms with E-state index in [-0.39, 0.29) is 35.8 Å². The number of piperidine rings is 1. The van der Waals surface area contributed by atoms with Gasteiger partial charge >= 0.3 is 6.09 Å². The van der Waals surface area contributed by atoms with Crippen LogP contribution in [0.1, 0.15) is 53.1 Å². The molecule has 0 radical (unpaired) electrons. The number of nitrogens with zero attached hydrogens (tertiary/aromatic N) is 1. The summed E-state index contributed by atoms with van der Waals surface area (Å²) in [6.45, 7) is 0.342. The first-order valence-corrected chi connectivity index (χ1v) is 11.9. The minimum atomic E-state index is -0.227. The zero-order valence-electron chi connectivity index (χ0n) is 18.5. The highest BCUT2D eigenvalue weighted by Gasteiger charge is 2.46. The van der Waals surface area contributed by atoms with E-state index in [2.05, 4.69) is 36.4 Å². The molecule has 3 aromatic rings. The molecule has 166 valence electrons. The maximum absolute atomic E-state index is 13.2. The smallest absolute Gasteiger partial charge is 0.410 e. The molecule has 2 saturated heterocycles. The van der Waals surface area contributed by atoms with Crippen molar-refractivity contribution in [1.82, 2.24) is 4.90 Å². The quantitative estimate of drug-likeness (QED) is 0.466. The Morgan fingerprint density at radius 1 is 0.758 bits per heavy atom. The van der Waals surface area contributed by atoms with E-state index in [0.29, 0.717) is 6.61 Å². The lowest BCUT2D eigenvalue weighted by molar-refractivity contribution is 0.0506. The number of carbonyl (C=O) groups is 2. The van der Waals surface area contributed by atoms with Crippen LogP contribution in [0.3, 0.4) is 0 Å². The van der Waals surface area contributed by atoms with Gasteiger partial charge in [-0.15, -0.1) is 0 Å². The second-order valence-corrected chi connectivity index (χ2v) is 9.49. The molecule has 0 saturated carbocycles. The highest BCUT2D eigenvalue weighted by molar-refractivity contribution is 5.98. The third-order valence-corrected chi connectivity index (χ3v) is 7.71. The van der Waals surface area contributed by atoms with Gasteiger partial charge in [-0.1, -0.05) is 78.9 Å². The molecule has 4 nitrogen and oxygen atoms in total. The topological polar surface area (TPSA) is 46.6 Å². The number of rotatable bonds is 4. The molecule has 2 fully saturated rings. The Labute approximate surface area is 194 Å². The van der Waals surface area contributed by atoms with Gasteiger partial charge in [0, 0.05) is 29.5 Å². The minimum Gasteiger partial charge on any atom is -0.448 e. The van der Waals surface area contributed by atoms with E-state index in [1.54, 1.807) is 0 Å². The lowest BCUT2D eigenvalue weighted by Crippen LogP contribution is -2.48. The molecule has 0 aromatic heterocycles. The number of carbonyl (C=O) groups excluding carboxylic acids is 2. The molecule has 2 atom stereocenters. The van der Waals surface area contributed by atoms with Crippen LogP contribution in [0.15, 0.2) is 78.9 Å². The van der Waals surface area contributed by atoms with Crippen LogP contribution in [0.2, 0.25) is 0 Å². The Morgan fingerprint density at radius 3 is 1.91 bits per heavy atom. The van der Waals surface area contributed by atoms with Crippen molar-refractivity contribution in [3.05, 3.63) is 95.6 Å². The van der Waals surface area contributed by atoms with Crippen LogP contribution in [0, 0.1) is 5.92 Å². The van der Waals surface area contributed by atoms with E-state index in [0.717, 1.165) is 31.2 Å². The molecule has 3 aromatic carbocycles. The average Bonchev–Trinajstić information content (AvgIpc) is 3.33. The monoisotopic (exact) mass is 437 g/mol. The number of hydrogen-bond acceptors (Lipinski definition) is 3. The molecule has 1 aliphatic carbocycles. The Morgan fingerprint density at radius 2 is 1.30 bits per heavy atom. The Hall–Kier alpha value is -3.40. The third-order valence-electron chi connectivity index (χ3n) is 7.71. The normalized spacial score (nSPS) is 23.2. The number of hydrogen-bond donors (Lipinski definition) is 0. The fraction of sp³-hybridized carbons (Fsp3) is 0.310. The van der Waals surface area contributed by atoms with Gasteiger partial charge in [-0.25, -0.2) is 4.79 Å². The van der Waals surface area contributed by atoms with Gasteiger partial charge in [-0.3, -0.25) is 4.79 Å². The summed E-state index contributed by atoms with van der Waals surface area (Å²) in [4.78, 5) is 28.1. The summed E-state index contributed by atoms with van der Waals surface area (Å²) in [5.41, 5.74) is 5.68. The second-order valence-electron chi connectivity index (χ2n) is 9.49. The van der Waals surface area contributed by atoms with Gasteiger partial charge in [0.1, 0.15) is 6.61 Å². The summed E-state index contributed by atoms with van der Waals surface area (Å²) in [5, 5.41) is 0. The summed E-state index contributed by atoms with van der Waals surface area (Å²) in [7, 11) is 0. The van der Waals surface area contributed by atoms with Crippen molar-refractivity contribution in [3.63, 3.8) is 0 Å². The molecular weight excluding hydrogens is 410 g/mol. The number of ketones is 1. The van der Waals surface area contributed by atoms with Crippen LogP contribution < -0.4 is 0 Å². The van der Waals surface area contributed by atoms with Crippen molar-refractivity contribution in [2.45, 2.75) is 43.7 Å². The van der Waals surface area contributed by atoms with E-state index in [9.17, 15) is 9.59 Å². The van der Waals surface area contributed by atoms with E-state index in [1.807, 2.05) is 47.4 Å². The molecular formula is C29H27NO3. The van der Waals surface area contributed by atoms with Gasteiger partial charge in [0.05, 0.1) is 0 Å². The first-order valence-electron chi connectivity index (χ1n) is 11.9. The fourth-order valence-electron chi connectivity index (χ4n) is 6.20. The molecule has 2 aliphatic heterocycles. The first kappa shape index (κ1) is 20.2. The molecule has 4 heteroatoms. The summed E-state index contributed by atoms with van der Waals surface area (Å²) in [6.07, 6.45) is 3.14. The standard InChI is InChI=1S/C29H27NO3/c31-28(19-8-2-1-3-9-19)20-16-21-14-15-22(17-20)30(21)29(32)33-18-27-25-12-6-4-10-23(25)24-11-5-7-13-26(24)27/h1-13,20-22,27H,14-18H2. The van der Waals surface area contributed by atoms with Crippen molar-refractivity contribution >= 4 is 11.9 Å². The summed E-state index contributed by atoms with van der Waals surface area (Å²) >= 11 is 0. The van der Waals surface area contributed by atoms with Crippen LogP contribution >= 0.6 is 0 Å². The van der Waals surface area contributed by atoms with Crippen LogP contribution in [0.5, 0.6) is 0 Å². The van der Waals surface area contributed by atoms with Crippen molar-refractivity contribution in [3.8, 4) is 11.1 Å². The zero-order valence-corrected chi connectivity index (χ0v) is 18.5. The first-order chi connectivity index (χ1) is 16.2. The number of ether oxygens (including phenoxy) is 1. The lowest BCUT2D eigenvalue weighted by atomic mass is 9.85. The van der Waals surface area contributed by atoms with E-state index in [4.69, 9.17) is 4.74 Å². The summed E-state index contributed by atoms with van der Waals surface area (Å²) < 4.78 is 5.94. The van der Waals surface area contributed by atoms with Gasteiger partial charge in [-0.05, 0) is 47.9 Å². The van der Waals surface area contributed by atoms with Crippen molar-refractivity contribution in [2.75, 3.05) is 6.61 Å². The number of amides is 1. The number of Topliss-reactive ketones (excluding diaryl/α,β-unsaturated/α-hetero) is 1. The van der Waals surface area contributed by atoms with Gasteiger partial charge in [0.25, 0.3) is 0 Å². The molecule has 2 heterocycles. The second kappa shape index (κ2) is 8.18. The third kappa shape index (κ3) is 3.45. The van der Waals surface area contributed by atoms with E-state index in [1.165, 1.54) is 22.3 Å². The largest absolute Gasteiger partial charge is 0.448 e. The SMILES string of the molecule is O=C(c1ccccc1)C1CC2CCC(C1)N2C(=O)OCC1c2ccccc2-c2ccccc21. The van der Waals surface area contributed by atoms with Gasteiger partial charge in [0.2, 0.25) is 0 Å². The predicted octanol–water partition coefficient (Wildman–Crippen LogP) is 6.06. The van der Waals surface area contributed by atoms with Gasteiger partial charge in [0.15, 0.2) is 5.78 Å². The lowest BCUT2D eigenvalue weighted by Gasteiger charge is -2.37. The van der Waals surface area contributed by atoms with E-state index < -0.39 is 0 Å². The zero-order chi connectivity index (χ0) is 22.4. The Balaban J connectivity index is 1.15. The van der Waals surface area contributed by atoms with Gasteiger partial charge in [-0.2, -0.15) is 0 Å². The minimum absolute atomic E-state index is 0.0115.